The van der Waals surface area contributed by atoms with Crippen molar-refractivity contribution in [2.24, 2.45) is 0 Å². The number of aliphatic hydroxyl groups excluding tert-OH is 1. The number of ether oxygens (including phenoxy) is 4. The highest BCUT2D eigenvalue weighted by molar-refractivity contribution is 7.53. The van der Waals surface area contributed by atoms with E-state index in [9.17, 15) is 14.6 Å². The normalized spacial score (nSPS) is 15.3. The van der Waals surface area contributed by atoms with Gasteiger partial charge in [-0.2, -0.15) is 0 Å². The van der Waals surface area contributed by atoms with Gasteiger partial charge in [-0.3, -0.25) is 4.57 Å². The SMILES string of the molecule is CNCCCOCCOCCOCCOCC(O)COP(=O)(O)C(C)C. The largest absolute Gasteiger partial charge is 0.388 e. The molecule has 3 N–H and O–H groups in total. The highest BCUT2D eigenvalue weighted by Crippen LogP contribution is 2.46. The first-order valence-corrected chi connectivity index (χ1v) is 10.7. The van der Waals surface area contributed by atoms with Gasteiger partial charge in [-0.25, -0.2) is 0 Å². The molecule has 158 valence electrons. The molecule has 0 aliphatic heterocycles. The zero-order valence-electron chi connectivity index (χ0n) is 16.2. The van der Waals surface area contributed by atoms with E-state index in [-0.39, 0.29) is 13.2 Å². The van der Waals surface area contributed by atoms with Gasteiger partial charge in [-0.15, -0.1) is 0 Å². The molecule has 0 fully saturated rings. The van der Waals surface area contributed by atoms with E-state index in [0.29, 0.717) is 39.6 Å². The van der Waals surface area contributed by atoms with Gasteiger partial charge >= 0.3 is 7.60 Å². The predicted octanol–water partition coefficient (Wildman–Crippen LogP) is 0.634. The standard InChI is InChI=1S/C16H36NO8P/c1-15(2)26(19,20)25-14-16(18)13-24-12-11-23-10-9-22-8-7-21-6-4-5-17-3/h15-18H,4-14H2,1-3H3,(H,19,20). The molecule has 2 unspecified atom stereocenters. The number of aliphatic hydroxyl groups is 1. The Morgan fingerprint density at radius 3 is 1.88 bits per heavy atom. The minimum Gasteiger partial charge on any atom is -0.388 e. The van der Waals surface area contributed by atoms with Gasteiger partial charge in [0.15, 0.2) is 0 Å². The molecule has 0 aromatic carbocycles. The predicted molar refractivity (Wildman–Crippen MR) is 98.7 cm³/mol. The van der Waals surface area contributed by atoms with E-state index in [1.807, 2.05) is 7.05 Å². The summed E-state index contributed by atoms with van der Waals surface area (Å²) < 4.78 is 37.7. The van der Waals surface area contributed by atoms with Crippen LogP contribution in [0, 0.1) is 0 Å². The maximum absolute atomic E-state index is 11.6. The molecule has 10 heteroatoms. The van der Waals surface area contributed by atoms with Crippen LogP contribution in [0.15, 0.2) is 0 Å². The van der Waals surface area contributed by atoms with Crippen molar-refractivity contribution in [2.45, 2.75) is 32.0 Å². The summed E-state index contributed by atoms with van der Waals surface area (Å²) in [4.78, 5) is 9.47. The van der Waals surface area contributed by atoms with Crippen LogP contribution in [0.3, 0.4) is 0 Å². The molecule has 0 spiro atoms. The zero-order valence-corrected chi connectivity index (χ0v) is 17.1. The first kappa shape index (κ1) is 25.9. The van der Waals surface area contributed by atoms with Gasteiger partial charge in [0.25, 0.3) is 0 Å². The van der Waals surface area contributed by atoms with Crippen molar-refractivity contribution in [3.8, 4) is 0 Å². The molecule has 2 atom stereocenters. The van der Waals surface area contributed by atoms with Gasteiger partial charge in [-0.05, 0) is 20.0 Å². The van der Waals surface area contributed by atoms with Gasteiger partial charge in [-0.1, -0.05) is 13.8 Å². The Morgan fingerprint density at radius 1 is 0.885 bits per heavy atom. The Balaban J connectivity index is 3.29. The minimum atomic E-state index is -3.66. The van der Waals surface area contributed by atoms with E-state index in [2.05, 4.69) is 5.32 Å². The number of hydrogen-bond acceptors (Lipinski definition) is 8. The van der Waals surface area contributed by atoms with Crippen molar-refractivity contribution >= 4 is 7.60 Å². The van der Waals surface area contributed by atoms with Crippen LogP contribution in [0.25, 0.3) is 0 Å². The Bertz CT molecular complexity index is 359. The molecule has 9 nitrogen and oxygen atoms in total. The van der Waals surface area contributed by atoms with Crippen LogP contribution in [0.4, 0.5) is 0 Å². The third kappa shape index (κ3) is 16.1. The van der Waals surface area contributed by atoms with Gasteiger partial charge in [0, 0.05) is 6.61 Å². The van der Waals surface area contributed by atoms with Crippen LogP contribution < -0.4 is 5.32 Å². The molecule has 0 aliphatic carbocycles. The molecule has 0 saturated heterocycles. The molecule has 0 saturated carbocycles. The lowest BCUT2D eigenvalue weighted by Crippen LogP contribution is -2.23. The van der Waals surface area contributed by atoms with E-state index in [4.69, 9.17) is 23.5 Å². The third-order valence-corrected chi connectivity index (χ3v) is 5.07. The van der Waals surface area contributed by atoms with Crippen molar-refractivity contribution in [1.29, 1.82) is 0 Å². The highest BCUT2D eigenvalue weighted by atomic mass is 31.2. The molecule has 0 bridgehead atoms. The summed E-state index contributed by atoms with van der Waals surface area (Å²) in [5.41, 5.74) is -0.504. The molecule has 0 aromatic rings. The quantitative estimate of drug-likeness (QED) is 0.212. The second kappa shape index (κ2) is 17.0. The summed E-state index contributed by atoms with van der Waals surface area (Å²) in [5, 5.41) is 12.7. The molecule has 0 rings (SSSR count). The van der Waals surface area contributed by atoms with Crippen molar-refractivity contribution in [3.05, 3.63) is 0 Å². The molecule has 0 amide bonds. The zero-order chi connectivity index (χ0) is 19.7. The topological polar surface area (TPSA) is 116 Å². The number of hydrogen-bond donors (Lipinski definition) is 3. The van der Waals surface area contributed by atoms with Crippen molar-refractivity contribution in [1.82, 2.24) is 5.32 Å². The number of rotatable bonds is 19. The highest BCUT2D eigenvalue weighted by Gasteiger charge is 2.25. The fraction of sp³-hybridized carbons (Fsp3) is 1.00. The van der Waals surface area contributed by atoms with Crippen molar-refractivity contribution < 1.29 is 38.0 Å². The maximum Gasteiger partial charge on any atom is 0.330 e. The van der Waals surface area contributed by atoms with Gasteiger partial charge < -0.3 is 38.8 Å². The van der Waals surface area contributed by atoms with Crippen molar-refractivity contribution in [3.63, 3.8) is 0 Å². The van der Waals surface area contributed by atoms with Gasteiger partial charge in [0.1, 0.15) is 6.10 Å². The summed E-state index contributed by atoms with van der Waals surface area (Å²) in [6, 6.07) is 0. The van der Waals surface area contributed by atoms with E-state index in [1.165, 1.54) is 0 Å². The minimum absolute atomic E-state index is 0.0167. The van der Waals surface area contributed by atoms with E-state index in [1.54, 1.807) is 13.8 Å². The van der Waals surface area contributed by atoms with Crippen molar-refractivity contribution in [2.75, 3.05) is 73.1 Å². The molecule has 0 radical (unpaired) electrons. The lowest BCUT2D eigenvalue weighted by Gasteiger charge is -2.18. The summed E-state index contributed by atoms with van der Waals surface area (Å²) in [7, 11) is -1.75. The maximum atomic E-state index is 11.6. The molecular weight excluding hydrogens is 365 g/mol. The van der Waals surface area contributed by atoms with Gasteiger partial charge in [0.2, 0.25) is 0 Å². The van der Waals surface area contributed by atoms with Crippen LogP contribution in [-0.4, -0.2) is 94.8 Å². The van der Waals surface area contributed by atoms with Crippen LogP contribution in [0.5, 0.6) is 0 Å². The summed E-state index contributed by atoms with van der Waals surface area (Å²) >= 11 is 0. The Hall–Kier alpha value is -0.0900. The first-order chi connectivity index (χ1) is 12.4. The smallest absolute Gasteiger partial charge is 0.330 e. The van der Waals surface area contributed by atoms with E-state index >= 15 is 0 Å². The second-order valence-electron chi connectivity index (χ2n) is 5.98. The van der Waals surface area contributed by atoms with Crippen LogP contribution in [0.2, 0.25) is 0 Å². The van der Waals surface area contributed by atoms with E-state index in [0.717, 1.165) is 19.6 Å². The monoisotopic (exact) mass is 401 g/mol. The molecular formula is C16H36NO8P. The second-order valence-corrected chi connectivity index (χ2v) is 8.40. The summed E-state index contributed by atoms with van der Waals surface area (Å²) in [6.45, 7) is 7.36. The number of nitrogens with one attached hydrogen (secondary N) is 1. The lowest BCUT2D eigenvalue weighted by atomic mass is 10.4. The molecule has 26 heavy (non-hydrogen) atoms. The fourth-order valence-corrected chi connectivity index (χ4v) is 2.30. The first-order valence-electron chi connectivity index (χ1n) is 9.00. The van der Waals surface area contributed by atoms with Gasteiger partial charge in [0.05, 0.1) is 58.5 Å². The van der Waals surface area contributed by atoms with Crippen LogP contribution >= 0.6 is 7.60 Å². The Kier molecular flexibility index (Phi) is 17.0. The van der Waals surface area contributed by atoms with E-state index < -0.39 is 19.4 Å². The summed E-state index contributed by atoms with van der Waals surface area (Å²) in [6.07, 6.45) is 0.0305. The Morgan fingerprint density at radius 2 is 1.38 bits per heavy atom. The summed E-state index contributed by atoms with van der Waals surface area (Å²) in [5.74, 6) is 0. The fourth-order valence-electron chi connectivity index (χ4n) is 1.62. The van der Waals surface area contributed by atoms with Crippen LogP contribution in [-0.2, 0) is 28.0 Å². The third-order valence-electron chi connectivity index (χ3n) is 3.25. The molecule has 0 heterocycles. The average Bonchev–Trinajstić information content (AvgIpc) is 2.60. The molecule has 0 aliphatic rings. The Labute approximate surface area is 156 Å². The molecule has 0 aromatic heterocycles. The average molecular weight is 401 g/mol. The van der Waals surface area contributed by atoms with Crippen LogP contribution in [0.1, 0.15) is 20.3 Å². The lowest BCUT2D eigenvalue weighted by molar-refractivity contribution is -0.0251.